The second kappa shape index (κ2) is 6.35. The fourth-order valence-electron chi connectivity index (χ4n) is 3.64. The van der Waals surface area contributed by atoms with Gasteiger partial charge in [0.15, 0.2) is 0 Å². The monoisotopic (exact) mass is 391 g/mol. The molecule has 0 radical (unpaired) electrons. The summed E-state index contributed by atoms with van der Waals surface area (Å²) in [5.74, 6) is 0. The Hall–Kier alpha value is -3.39. The number of hydrogen-bond acceptors (Lipinski definition) is 5. The van der Waals surface area contributed by atoms with Crippen molar-refractivity contribution >= 4 is 38.1 Å². The van der Waals surface area contributed by atoms with Gasteiger partial charge in [0.1, 0.15) is 16.9 Å². The Labute approximate surface area is 162 Å². The number of fused-ring (bicyclic) bond motifs is 2. The van der Waals surface area contributed by atoms with Crippen molar-refractivity contribution in [1.82, 2.24) is 15.0 Å². The molecule has 2 N–H and O–H groups in total. The van der Waals surface area contributed by atoms with E-state index < -0.39 is 10.0 Å². The number of benzene rings is 2. The van der Waals surface area contributed by atoms with Gasteiger partial charge in [0.05, 0.1) is 16.8 Å². The van der Waals surface area contributed by atoms with Crippen LogP contribution in [0.15, 0.2) is 72.1 Å². The van der Waals surface area contributed by atoms with Crippen LogP contribution in [0.25, 0.3) is 11.0 Å². The second-order valence-electron chi connectivity index (χ2n) is 6.59. The third-order valence-electron chi connectivity index (χ3n) is 4.93. The molecule has 0 saturated heterocycles. The number of para-hydroxylation sites is 3. The molecule has 140 valence electrons. The van der Waals surface area contributed by atoms with Crippen molar-refractivity contribution < 1.29 is 8.42 Å². The van der Waals surface area contributed by atoms with Gasteiger partial charge in [-0.05, 0) is 30.2 Å². The normalized spacial score (nSPS) is 13.6. The molecule has 1 aliphatic rings. The topological polar surface area (TPSA) is 91.0 Å². The van der Waals surface area contributed by atoms with Gasteiger partial charge in [-0.3, -0.25) is 4.72 Å². The quantitative estimate of drug-likeness (QED) is 0.556. The third kappa shape index (κ3) is 2.69. The van der Waals surface area contributed by atoms with E-state index in [0.717, 1.165) is 24.3 Å². The molecule has 3 heterocycles. The van der Waals surface area contributed by atoms with Crippen LogP contribution in [0.5, 0.6) is 0 Å². The number of aromatic amines is 1. The Morgan fingerprint density at radius 1 is 1.04 bits per heavy atom. The molecule has 0 fully saturated rings. The Morgan fingerprint density at radius 3 is 2.71 bits per heavy atom. The summed E-state index contributed by atoms with van der Waals surface area (Å²) >= 11 is 0. The average Bonchev–Trinajstić information content (AvgIpc) is 3.33. The van der Waals surface area contributed by atoms with E-state index in [0.29, 0.717) is 16.7 Å². The molecule has 0 saturated carbocycles. The van der Waals surface area contributed by atoms with E-state index in [4.69, 9.17) is 0 Å². The van der Waals surface area contributed by atoms with Crippen molar-refractivity contribution in [3.8, 4) is 0 Å². The molecule has 5 rings (SSSR count). The van der Waals surface area contributed by atoms with Crippen LogP contribution in [-0.4, -0.2) is 29.9 Å². The van der Waals surface area contributed by atoms with Crippen molar-refractivity contribution in [2.45, 2.75) is 11.3 Å². The van der Waals surface area contributed by atoms with Crippen LogP contribution in [0, 0.1) is 0 Å². The number of rotatable bonds is 4. The molecule has 4 aromatic rings. The van der Waals surface area contributed by atoms with Crippen LogP contribution in [0.3, 0.4) is 0 Å². The van der Waals surface area contributed by atoms with Crippen molar-refractivity contribution in [2.24, 2.45) is 0 Å². The molecule has 0 spiro atoms. The molecular weight excluding hydrogens is 374 g/mol. The maximum atomic E-state index is 13.1. The van der Waals surface area contributed by atoms with Gasteiger partial charge in [-0.15, -0.1) is 0 Å². The first-order valence-corrected chi connectivity index (χ1v) is 10.4. The Bertz CT molecular complexity index is 1280. The number of nitrogens with zero attached hydrogens (tertiary/aromatic N) is 3. The Morgan fingerprint density at radius 2 is 1.82 bits per heavy atom. The van der Waals surface area contributed by atoms with Gasteiger partial charge in [-0.1, -0.05) is 30.3 Å². The molecule has 0 amide bonds. The predicted octanol–water partition coefficient (Wildman–Crippen LogP) is 3.45. The zero-order valence-corrected chi connectivity index (χ0v) is 15.6. The average molecular weight is 391 g/mol. The number of H-pyrrole nitrogens is 1. The summed E-state index contributed by atoms with van der Waals surface area (Å²) in [6.45, 7) is 0.805. The van der Waals surface area contributed by atoms with Crippen LogP contribution in [0.1, 0.15) is 5.56 Å². The summed E-state index contributed by atoms with van der Waals surface area (Å²) < 4.78 is 28.9. The van der Waals surface area contributed by atoms with E-state index in [1.54, 1.807) is 6.07 Å². The molecule has 0 atom stereocenters. The smallest absolute Gasteiger partial charge is 0.264 e. The van der Waals surface area contributed by atoms with E-state index in [1.165, 1.54) is 24.3 Å². The second-order valence-corrected chi connectivity index (χ2v) is 8.24. The Balaban J connectivity index is 1.55. The standard InChI is InChI=1S/C20H17N5O2S/c26-28(27,19-12-22-20-15(19)11-21-13-23-20)24-16-6-2-4-8-18(16)25-10-9-14-5-1-3-7-17(14)25/h1-8,11-13,24H,9-10H2,(H,21,22,23). The van der Waals surface area contributed by atoms with Crippen molar-refractivity contribution in [3.63, 3.8) is 0 Å². The van der Waals surface area contributed by atoms with Crippen molar-refractivity contribution in [1.29, 1.82) is 0 Å². The van der Waals surface area contributed by atoms with Gasteiger partial charge >= 0.3 is 0 Å². The summed E-state index contributed by atoms with van der Waals surface area (Å²) in [5, 5.41) is 0.457. The highest BCUT2D eigenvalue weighted by atomic mass is 32.2. The fourth-order valence-corrected chi connectivity index (χ4v) is 4.87. The minimum Gasteiger partial charge on any atom is -0.345 e. The maximum Gasteiger partial charge on any atom is 0.264 e. The number of sulfonamides is 1. The highest BCUT2D eigenvalue weighted by Gasteiger charge is 2.25. The van der Waals surface area contributed by atoms with Crippen LogP contribution < -0.4 is 9.62 Å². The van der Waals surface area contributed by atoms with Crippen LogP contribution in [0.4, 0.5) is 17.1 Å². The van der Waals surface area contributed by atoms with Crippen LogP contribution in [-0.2, 0) is 16.4 Å². The zero-order valence-electron chi connectivity index (χ0n) is 14.8. The lowest BCUT2D eigenvalue weighted by molar-refractivity contribution is 0.602. The van der Waals surface area contributed by atoms with Gasteiger partial charge in [0, 0.05) is 24.6 Å². The van der Waals surface area contributed by atoms with Crippen molar-refractivity contribution in [3.05, 3.63) is 72.8 Å². The molecule has 7 nitrogen and oxygen atoms in total. The van der Waals surface area contributed by atoms with Gasteiger partial charge in [-0.2, -0.15) is 0 Å². The highest BCUT2D eigenvalue weighted by molar-refractivity contribution is 7.93. The largest absolute Gasteiger partial charge is 0.345 e. The van der Waals surface area contributed by atoms with Crippen LogP contribution >= 0.6 is 0 Å². The van der Waals surface area contributed by atoms with E-state index in [-0.39, 0.29) is 4.90 Å². The number of aromatic nitrogens is 3. The third-order valence-corrected chi connectivity index (χ3v) is 6.34. The van der Waals surface area contributed by atoms with Gasteiger partial charge < -0.3 is 9.88 Å². The highest BCUT2D eigenvalue weighted by Crippen LogP contribution is 2.39. The van der Waals surface area contributed by atoms with Gasteiger partial charge in [0.25, 0.3) is 10.0 Å². The van der Waals surface area contributed by atoms with Gasteiger partial charge in [-0.25, -0.2) is 18.4 Å². The summed E-state index contributed by atoms with van der Waals surface area (Å²) in [5.41, 5.74) is 4.21. The van der Waals surface area contributed by atoms with E-state index in [2.05, 4.69) is 36.7 Å². The zero-order chi connectivity index (χ0) is 19.1. The molecule has 8 heteroatoms. The lowest BCUT2D eigenvalue weighted by atomic mass is 10.2. The van der Waals surface area contributed by atoms with E-state index in [9.17, 15) is 8.42 Å². The first-order chi connectivity index (χ1) is 13.6. The summed E-state index contributed by atoms with van der Waals surface area (Å²) in [7, 11) is -3.81. The molecule has 1 aliphatic heterocycles. The van der Waals surface area contributed by atoms with E-state index >= 15 is 0 Å². The van der Waals surface area contributed by atoms with E-state index in [1.807, 2.05) is 30.3 Å². The molecule has 0 aliphatic carbocycles. The summed E-state index contributed by atoms with van der Waals surface area (Å²) in [4.78, 5) is 13.2. The SMILES string of the molecule is O=S(=O)(Nc1ccccc1N1CCc2ccccc21)c1c[nH]c2ncncc12. The molecular formula is C20H17N5O2S. The minimum atomic E-state index is -3.81. The molecule has 2 aromatic heterocycles. The Kier molecular flexibility index (Phi) is 3.80. The lowest BCUT2D eigenvalue weighted by Gasteiger charge is -2.23. The maximum absolute atomic E-state index is 13.1. The molecule has 28 heavy (non-hydrogen) atoms. The number of hydrogen-bond donors (Lipinski definition) is 2. The summed E-state index contributed by atoms with van der Waals surface area (Å²) in [6.07, 6.45) is 5.24. The first-order valence-electron chi connectivity index (χ1n) is 8.88. The fraction of sp³-hybridized carbons (Fsp3) is 0.100. The first kappa shape index (κ1) is 16.8. The lowest BCUT2D eigenvalue weighted by Crippen LogP contribution is -2.18. The summed E-state index contributed by atoms with van der Waals surface area (Å²) in [6, 6.07) is 15.6. The number of nitrogens with one attached hydrogen (secondary N) is 2. The molecule has 0 bridgehead atoms. The van der Waals surface area contributed by atoms with Crippen LogP contribution in [0.2, 0.25) is 0 Å². The predicted molar refractivity (Wildman–Crippen MR) is 108 cm³/mol. The van der Waals surface area contributed by atoms with Gasteiger partial charge in [0.2, 0.25) is 0 Å². The minimum absolute atomic E-state index is 0.125. The molecule has 2 aromatic carbocycles. The number of anilines is 3. The van der Waals surface area contributed by atoms with Crippen molar-refractivity contribution in [2.75, 3.05) is 16.2 Å². The molecule has 0 unspecified atom stereocenters.